The lowest BCUT2D eigenvalue weighted by Crippen LogP contribution is -2.11. The van der Waals surface area contributed by atoms with E-state index < -0.39 is 0 Å². The van der Waals surface area contributed by atoms with Gasteiger partial charge in [-0.2, -0.15) is 0 Å². The van der Waals surface area contributed by atoms with Gasteiger partial charge in [0, 0.05) is 33.3 Å². The van der Waals surface area contributed by atoms with Gasteiger partial charge < -0.3 is 9.47 Å². The second-order valence-corrected chi connectivity index (χ2v) is 15.8. The lowest BCUT2D eigenvalue weighted by molar-refractivity contribution is 1.18. The molecule has 1 aromatic heterocycles. The second kappa shape index (κ2) is 17.4. The fraction of sp³-hybridized carbons (Fsp3) is 0.0164. The van der Waals surface area contributed by atoms with Gasteiger partial charge in [-0.1, -0.05) is 207 Å². The third-order valence-corrected chi connectivity index (χ3v) is 11.9. The first kappa shape index (κ1) is 39.0. The van der Waals surface area contributed by atoms with Crippen LogP contribution in [-0.4, -0.2) is 4.57 Å². The van der Waals surface area contributed by atoms with Gasteiger partial charge in [-0.05, 0) is 100.0 Å². The zero-order chi connectivity index (χ0) is 42.5. The number of benzene rings is 9. The van der Waals surface area contributed by atoms with Crippen molar-refractivity contribution in [3.05, 3.63) is 261 Å². The summed E-state index contributed by atoms with van der Waals surface area (Å²) in [6.07, 6.45) is 8.15. The molecular formula is C61H46N2. The monoisotopic (exact) mass is 806 g/mol. The third-order valence-electron chi connectivity index (χ3n) is 11.9. The third kappa shape index (κ3) is 7.71. The Morgan fingerprint density at radius 1 is 0.429 bits per heavy atom. The molecular weight excluding hydrogens is 761 g/mol. The molecule has 0 aliphatic carbocycles. The topological polar surface area (TPSA) is 8.17 Å². The maximum atomic E-state index is 4.38. The summed E-state index contributed by atoms with van der Waals surface area (Å²) in [5.74, 6) is 0. The van der Waals surface area contributed by atoms with Gasteiger partial charge in [0.05, 0.1) is 22.4 Å². The van der Waals surface area contributed by atoms with Crippen LogP contribution in [0.1, 0.15) is 12.5 Å². The fourth-order valence-corrected chi connectivity index (χ4v) is 8.76. The van der Waals surface area contributed by atoms with E-state index in [4.69, 9.17) is 0 Å². The molecule has 0 aliphatic rings. The normalized spacial score (nSPS) is 11.5. The Morgan fingerprint density at radius 3 is 1.54 bits per heavy atom. The molecule has 0 bridgehead atoms. The zero-order valence-corrected chi connectivity index (χ0v) is 35.3. The van der Waals surface area contributed by atoms with Crippen molar-refractivity contribution >= 4 is 44.4 Å². The molecule has 0 fully saturated rings. The molecule has 2 heteroatoms. The number of nitrogens with zero attached hydrogens (tertiary/aromatic N) is 2. The van der Waals surface area contributed by atoms with Crippen LogP contribution in [0.25, 0.3) is 77.6 Å². The van der Waals surface area contributed by atoms with E-state index >= 15 is 0 Å². The molecule has 2 nitrogen and oxygen atoms in total. The maximum Gasteiger partial charge on any atom is 0.0546 e. The van der Waals surface area contributed by atoms with Crippen LogP contribution < -0.4 is 4.90 Å². The molecule has 0 saturated heterocycles. The highest BCUT2D eigenvalue weighted by atomic mass is 15.1. The first-order valence-corrected chi connectivity index (χ1v) is 21.6. The van der Waals surface area contributed by atoms with E-state index in [1.807, 2.05) is 25.2 Å². The minimum absolute atomic E-state index is 0.961. The van der Waals surface area contributed by atoms with Gasteiger partial charge in [-0.3, -0.25) is 0 Å². The van der Waals surface area contributed by atoms with Crippen molar-refractivity contribution in [2.24, 2.45) is 0 Å². The highest BCUT2D eigenvalue weighted by Gasteiger charge is 2.20. The van der Waals surface area contributed by atoms with Crippen LogP contribution in [0, 0.1) is 0 Å². The van der Waals surface area contributed by atoms with Crippen molar-refractivity contribution < 1.29 is 0 Å². The molecule has 0 amide bonds. The van der Waals surface area contributed by atoms with E-state index in [0.29, 0.717) is 0 Å². The van der Waals surface area contributed by atoms with Gasteiger partial charge in [-0.25, -0.2) is 0 Å². The number of hydrogen-bond acceptors (Lipinski definition) is 1. The van der Waals surface area contributed by atoms with Crippen LogP contribution in [0.15, 0.2) is 255 Å². The molecule has 63 heavy (non-hydrogen) atoms. The molecule has 0 aliphatic heterocycles. The average molecular weight is 807 g/mol. The first-order chi connectivity index (χ1) is 31.1. The Hall–Kier alpha value is -8.20. The number of rotatable bonds is 11. The number of allylic oxidation sites excluding steroid dienone is 5. The van der Waals surface area contributed by atoms with Gasteiger partial charge in [-0.15, -0.1) is 0 Å². The highest BCUT2D eigenvalue weighted by molar-refractivity contribution is 6.09. The van der Waals surface area contributed by atoms with E-state index in [9.17, 15) is 0 Å². The van der Waals surface area contributed by atoms with Gasteiger partial charge >= 0.3 is 0 Å². The van der Waals surface area contributed by atoms with Crippen molar-refractivity contribution in [2.45, 2.75) is 6.92 Å². The minimum atomic E-state index is 0.961. The largest absolute Gasteiger partial charge is 0.310 e. The molecule has 1 heterocycles. The Labute approximate surface area is 370 Å². The van der Waals surface area contributed by atoms with Crippen LogP contribution >= 0.6 is 0 Å². The van der Waals surface area contributed by atoms with Crippen LogP contribution in [-0.2, 0) is 0 Å². The quantitative estimate of drug-likeness (QED) is 0.118. The number of anilines is 3. The Morgan fingerprint density at radius 2 is 0.905 bits per heavy atom. The predicted octanol–water partition coefficient (Wildman–Crippen LogP) is 17.1. The Balaban J connectivity index is 1.13. The van der Waals surface area contributed by atoms with Gasteiger partial charge in [0.1, 0.15) is 0 Å². The molecule has 0 atom stereocenters. The van der Waals surface area contributed by atoms with Crippen LogP contribution in [0.5, 0.6) is 0 Å². The van der Waals surface area contributed by atoms with Crippen molar-refractivity contribution in [3.63, 3.8) is 0 Å². The number of hydrogen-bond donors (Lipinski definition) is 0. The summed E-state index contributed by atoms with van der Waals surface area (Å²) in [5, 5.41) is 2.50. The summed E-state index contributed by atoms with van der Waals surface area (Å²) < 4.78 is 2.41. The first-order valence-electron chi connectivity index (χ1n) is 21.6. The van der Waals surface area contributed by atoms with E-state index in [2.05, 4.69) is 247 Å². The molecule has 0 radical (unpaired) electrons. The highest BCUT2D eigenvalue weighted by Crippen LogP contribution is 2.44. The lowest BCUT2D eigenvalue weighted by Gasteiger charge is -2.29. The molecule has 0 N–H and O–H groups in total. The molecule has 10 aromatic rings. The second-order valence-electron chi connectivity index (χ2n) is 15.8. The van der Waals surface area contributed by atoms with E-state index in [1.54, 1.807) is 0 Å². The lowest BCUT2D eigenvalue weighted by atomic mass is 9.95. The van der Waals surface area contributed by atoms with Crippen molar-refractivity contribution in [3.8, 4) is 50.2 Å². The molecule has 9 aromatic carbocycles. The molecule has 0 saturated carbocycles. The molecule has 10 rings (SSSR count). The summed E-state index contributed by atoms with van der Waals surface area (Å²) >= 11 is 0. The predicted molar refractivity (Wildman–Crippen MR) is 270 cm³/mol. The van der Waals surface area contributed by atoms with Gasteiger partial charge in [0.2, 0.25) is 0 Å². The fourth-order valence-electron chi connectivity index (χ4n) is 8.76. The van der Waals surface area contributed by atoms with Crippen molar-refractivity contribution in [1.29, 1.82) is 0 Å². The van der Waals surface area contributed by atoms with Crippen LogP contribution in [0.3, 0.4) is 0 Å². The van der Waals surface area contributed by atoms with Crippen LogP contribution in [0.4, 0.5) is 17.1 Å². The number of aromatic nitrogens is 1. The molecule has 0 unspecified atom stereocenters. The molecule has 0 spiro atoms. The van der Waals surface area contributed by atoms with Crippen LogP contribution in [0.2, 0.25) is 0 Å². The van der Waals surface area contributed by atoms with E-state index in [-0.39, 0.29) is 0 Å². The summed E-state index contributed by atoms with van der Waals surface area (Å²) in [5.41, 5.74) is 18.1. The summed E-state index contributed by atoms with van der Waals surface area (Å²) in [7, 11) is 0. The SMILES string of the molecule is C=C(/C=C\C=C/C)c1ccc(N(c2ccc(-c3ccccc3-n3c4ccccc4c4ccccc43)cc2)c2cc(-c3ccccc3)ccc2-c2ccc(-c3ccccc3)cc2)cc1. The summed E-state index contributed by atoms with van der Waals surface area (Å²) in [4.78, 5) is 2.40. The van der Waals surface area contributed by atoms with E-state index in [1.165, 1.54) is 44.1 Å². The average Bonchev–Trinajstić information content (AvgIpc) is 3.69. The van der Waals surface area contributed by atoms with Gasteiger partial charge in [0.25, 0.3) is 0 Å². The maximum absolute atomic E-state index is 4.38. The van der Waals surface area contributed by atoms with Gasteiger partial charge in [0.15, 0.2) is 0 Å². The number of fused-ring (bicyclic) bond motifs is 3. The molecule has 300 valence electrons. The Bertz CT molecular complexity index is 3210. The minimum Gasteiger partial charge on any atom is -0.310 e. The van der Waals surface area contributed by atoms with E-state index in [0.717, 1.165) is 56.1 Å². The summed E-state index contributed by atoms with van der Waals surface area (Å²) in [6, 6.07) is 81.1. The zero-order valence-electron chi connectivity index (χ0n) is 35.3. The van der Waals surface area contributed by atoms with Crippen molar-refractivity contribution in [2.75, 3.05) is 4.90 Å². The summed E-state index contributed by atoms with van der Waals surface area (Å²) in [6.45, 7) is 6.40. The smallest absolute Gasteiger partial charge is 0.0546 e. The standard InChI is InChI=1S/C61H46N2/c1-3-4-7-18-44(2)45-33-38-52(39-34-45)62(61-43-51(47-21-10-6-11-22-47)37-42-55(61)49-31-29-48(30-32-49)46-19-8-5-9-20-46)53-40-35-50(36-41-53)54-23-12-15-26-58(54)63-59-27-16-13-24-56(59)57-25-14-17-28-60(57)63/h3-43H,2H2,1H3/b4-3-,18-7-. The van der Waals surface area contributed by atoms with Crippen molar-refractivity contribution in [1.82, 2.24) is 4.57 Å². The Kier molecular flexibility index (Phi) is 10.8. The number of para-hydroxylation sites is 3.